The second kappa shape index (κ2) is 10.1. The first-order valence-corrected chi connectivity index (χ1v) is 10.8. The highest BCUT2D eigenvalue weighted by molar-refractivity contribution is 5.85. The van der Waals surface area contributed by atoms with Gasteiger partial charge in [0.2, 0.25) is 11.8 Å². The number of rotatable bonds is 7. The van der Waals surface area contributed by atoms with Crippen molar-refractivity contribution in [2.75, 3.05) is 19.6 Å². The van der Waals surface area contributed by atoms with Crippen molar-refractivity contribution in [1.82, 2.24) is 15.5 Å². The standard InChI is InChI=1S/C23H35N3O2/c1-17-11-18(2)15-26(14-17)16-20-9-7-19(8-10-20)12-24-22(27)13-25-23(28)21-5-3-4-6-21/h7-10,17-18,21H,3-6,11-16H2,1-2H3,(H,24,27)(H,25,28). The number of hydrogen-bond acceptors (Lipinski definition) is 3. The number of hydrogen-bond donors (Lipinski definition) is 2. The van der Waals surface area contributed by atoms with Gasteiger partial charge in [0.25, 0.3) is 0 Å². The van der Waals surface area contributed by atoms with Crippen LogP contribution in [0.15, 0.2) is 24.3 Å². The van der Waals surface area contributed by atoms with Crippen molar-refractivity contribution in [3.8, 4) is 0 Å². The van der Waals surface area contributed by atoms with E-state index in [0.29, 0.717) is 6.54 Å². The minimum absolute atomic E-state index is 0.0263. The molecular formula is C23H35N3O2. The van der Waals surface area contributed by atoms with Crippen LogP contribution in [0, 0.1) is 17.8 Å². The molecule has 28 heavy (non-hydrogen) atoms. The van der Waals surface area contributed by atoms with Crippen LogP contribution in [0.2, 0.25) is 0 Å². The maximum absolute atomic E-state index is 12.0. The van der Waals surface area contributed by atoms with Gasteiger partial charge in [-0.1, -0.05) is 51.0 Å². The van der Waals surface area contributed by atoms with E-state index in [0.717, 1.165) is 49.6 Å². The lowest BCUT2D eigenvalue weighted by Crippen LogP contribution is -2.38. The summed E-state index contributed by atoms with van der Waals surface area (Å²) in [4.78, 5) is 26.5. The third-order valence-corrected chi connectivity index (χ3v) is 6.01. The minimum atomic E-state index is -0.133. The molecule has 2 N–H and O–H groups in total. The van der Waals surface area contributed by atoms with Crippen LogP contribution in [-0.4, -0.2) is 36.3 Å². The number of amides is 2. The summed E-state index contributed by atoms with van der Waals surface area (Å²) in [7, 11) is 0. The summed E-state index contributed by atoms with van der Waals surface area (Å²) in [6, 6.07) is 8.49. The molecular weight excluding hydrogens is 350 g/mol. The zero-order chi connectivity index (χ0) is 19.9. The fraction of sp³-hybridized carbons (Fsp3) is 0.652. The van der Waals surface area contributed by atoms with Crippen LogP contribution in [0.4, 0.5) is 0 Å². The summed E-state index contributed by atoms with van der Waals surface area (Å²) < 4.78 is 0. The zero-order valence-corrected chi connectivity index (χ0v) is 17.4. The Bertz CT molecular complexity index is 642. The number of nitrogens with one attached hydrogen (secondary N) is 2. The Hall–Kier alpha value is -1.88. The first kappa shape index (κ1) is 20.8. The number of piperidine rings is 1. The van der Waals surface area contributed by atoms with E-state index in [1.807, 2.05) is 0 Å². The summed E-state index contributed by atoms with van der Waals surface area (Å²) >= 11 is 0. The minimum Gasteiger partial charge on any atom is -0.350 e. The van der Waals surface area contributed by atoms with Gasteiger partial charge in [0.1, 0.15) is 0 Å². The molecule has 2 amide bonds. The highest BCUT2D eigenvalue weighted by atomic mass is 16.2. The Morgan fingerprint density at radius 3 is 2.21 bits per heavy atom. The van der Waals surface area contributed by atoms with Gasteiger partial charge in [-0.15, -0.1) is 0 Å². The van der Waals surface area contributed by atoms with Crippen molar-refractivity contribution in [2.24, 2.45) is 17.8 Å². The topological polar surface area (TPSA) is 61.4 Å². The van der Waals surface area contributed by atoms with Gasteiger partial charge in [-0.05, 0) is 42.2 Å². The average molecular weight is 386 g/mol. The molecule has 1 saturated carbocycles. The summed E-state index contributed by atoms with van der Waals surface area (Å²) in [5.41, 5.74) is 2.40. The van der Waals surface area contributed by atoms with E-state index in [2.05, 4.69) is 53.6 Å². The van der Waals surface area contributed by atoms with Gasteiger partial charge in [-0.25, -0.2) is 0 Å². The van der Waals surface area contributed by atoms with Crippen LogP contribution in [-0.2, 0) is 22.7 Å². The molecule has 2 unspecified atom stereocenters. The van der Waals surface area contributed by atoms with E-state index in [9.17, 15) is 9.59 Å². The Labute approximate surface area is 169 Å². The lowest BCUT2D eigenvalue weighted by molar-refractivity contribution is -0.128. The molecule has 2 aliphatic rings. The lowest BCUT2D eigenvalue weighted by Gasteiger charge is -2.35. The van der Waals surface area contributed by atoms with Crippen molar-refractivity contribution in [2.45, 2.75) is 59.0 Å². The number of likely N-dealkylation sites (tertiary alicyclic amines) is 1. The summed E-state index contributed by atoms with van der Waals surface area (Å²) in [5, 5.41) is 5.66. The molecule has 1 aromatic carbocycles. The van der Waals surface area contributed by atoms with E-state index in [-0.39, 0.29) is 24.3 Å². The van der Waals surface area contributed by atoms with Crippen LogP contribution >= 0.6 is 0 Å². The smallest absolute Gasteiger partial charge is 0.239 e. The molecule has 0 bridgehead atoms. The zero-order valence-electron chi connectivity index (χ0n) is 17.4. The van der Waals surface area contributed by atoms with Crippen molar-refractivity contribution >= 4 is 11.8 Å². The van der Waals surface area contributed by atoms with Crippen LogP contribution in [0.5, 0.6) is 0 Å². The van der Waals surface area contributed by atoms with Crippen LogP contribution in [0.1, 0.15) is 57.1 Å². The van der Waals surface area contributed by atoms with Crippen molar-refractivity contribution in [1.29, 1.82) is 0 Å². The molecule has 5 heteroatoms. The molecule has 1 aromatic rings. The maximum atomic E-state index is 12.0. The predicted molar refractivity (Wildman–Crippen MR) is 111 cm³/mol. The molecule has 0 aromatic heterocycles. The molecule has 0 spiro atoms. The number of carbonyl (C=O) groups excluding carboxylic acids is 2. The van der Waals surface area contributed by atoms with E-state index >= 15 is 0 Å². The van der Waals surface area contributed by atoms with Crippen molar-refractivity contribution in [3.05, 3.63) is 35.4 Å². The highest BCUT2D eigenvalue weighted by Gasteiger charge is 2.23. The quantitative estimate of drug-likeness (QED) is 0.758. The second-order valence-corrected chi connectivity index (χ2v) is 8.93. The molecule has 1 aliphatic carbocycles. The monoisotopic (exact) mass is 385 g/mol. The Morgan fingerprint density at radius 1 is 0.964 bits per heavy atom. The Morgan fingerprint density at radius 2 is 1.57 bits per heavy atom. The summed E-state index contributed by atoms with van der Waals surface area (Å²) in [5.74, 6) is 1.54. The Balaban J connectivity index is 1.38. The van der Waals surface area contributed by atoms with Crippen molar-refractivity contribution < 1.29 is 9.59 Å². The van der Waals surface area contributed by atoms with Gasteiger partial charge in [0, 0.05) is 32.1 Å². The normalized spacial score (nSPS) is 23.5. The Kier molecular flexibility index (Phi) is 7.49. The van der Waals surface area contributed by atoms with Crippen LogP contribution in [0.25, 0.3) is 0 Å². The van der Waals surface area contributed by atoms with Crippen molar-refractivity contribution in [3.63, 3.8) is 0 Å². The van der Waals surface area contributed by atoms with Gasteiger partial charge < -0.3 is 10.6 Å². The summed E-state index contributed by atoms with van der Waals surface area (Å²) in [6.07, 6.45) is 5.48. The first-order valence-electron chi connectivity index (χ1n) is 10.8. The van der Waals surface area contributed by atoms with Gasteiger partial charge >= 0.3 is 0 Å². The number of benzene rings is 1. The molecule has 1 saturated heterocycles. The number of carbonyl (C=O) groups is 2. The summed E-state index contributed by atoms with van der Waals surface area (Å²) in [6.45, 7) is 8.59. The predicted octanol–water partition coefficient (Wildman–Crippen LogP) is 3.09. The molecule has 0 radical (unpaired) electrons. The van der Waals surface area contributed by atoms with Gasteiger partial charge in [0.05, 0.1) is 6.54 Å². The van der Waals surface area contributed by atoms with Crippen LogP contribution < -0.4 is 10.6 Å². The van der Waals surface area contributed by atoms with Gasteiger partial charge in [-0.3, -0.25) is 14.5 Å². The third-order valence-electron chi connectivity index (χ3n) is 6.01. The first-order chi connectivity index (χ1) is 13.5. The van der Waals surface area contributed by atoms with Crippen LogP contribution in [0.3, 0.4) is 0 Å². The molecule has 5 nitrogen and oxygen atoms in total. The molecule has 1 heterocycles. The SMILES string of the molecule is CC1CC(C)CN(Cc2ccc(CNC(=O)CNC(=O)C3CCCC3)cc2)C1. The third kappa shape index (κ3) is 6.33. The molecule has 1 aliphatic heterocycles. The van der Waals surface area contributed by atoms with E-state index < -0.39 is 0 Å². The molecule has 2 atom stereocenters. The van der Waals surface area contributed by atoms with E-state index in [4.69, 9.17) is 0 Å². The lowest BCUT2D eigenvalue weighted by atomic mass is 9.91. The highest BCUT2D eigenvalue weighted by Crippen LogP contribution is 2.24. The van der Waals surface area contributed by atoms with Gasteiger partial charge in [0.15, 0.2) is 0 Å². The fourth-order valence-corrected chi connectivity index (χ4v) is 4.70. The van der Waals surface area contributed by atoms with E-state index in [1.54, 1.807) is 0 Å². The maximum Gasteiger partial charge on any atom is 0.239 e. The largest absolute Gasteiger partial charge is 0.350 e. The molecule has 2 fully saturated rings. The number of nitrogens with zero attached hydrogens (tertiary/aromatic N) is 1. The van der Waals surface area contributed by atoms with Gasteiger partial charge in [-0.2, -0.15) is 0 Å². The fourth-order valence-electron chi connectivity index (χ4n) is 4.70. The van der Waals surface area contributed by atoms with E-state index in [1.165, 1.54) is 25.1 Å². The second-order valence-electron chi connectivity index (χ2n) is 8.93. The molecule has 154 valence electrons. The molecule has 3 rings (SSSR count). The average Bonchev–Trinajstić information content (AvgIpc) is 3.19.